The van der Waals surface area contributed by atoms with Gasteiger partial charge in [-0.15, -0.1) is 0 Å². The highest BCUT2D eigenvalue weighted by Gasteiger charge is 2.27. The molecule has 0 aliphatic rings. The van der Waals surface area contributed by atoms with Crippen LogP contribution in [0.4, 0.5) is 5.69 Å². The van der Waals surface area contributed by atoms with Crippen LogP contribution in [0.15, 0.2) is 191 Å². The molecule has 0 saturated carbocycles. The molecule has 286 valence electrons. The van der Waals surface area contributed by atoms with Crippen molar-refractivity contribution in [3.8, 4) is 39.7 Å². The average Bonchev–Trinajstić information content (AvgIpc) is 4.08. The molecule has 0 aliphatic heterocycles. The fraction of sp³-hybridized carbons (Fsp3) is 0. The predicted molar refractivity (Wildman–Crippen MR) is 252 cm³/mol. The predicted octanol–water partition coefficient (Wildman–Crippen LogP) is 15.4. The van der Waals surface area contributed by atoms with E-state index in [0.29, 0.717) is 22.6 Å². The van der Waals surface area contributed by atoms with E-state index >= 15 is 0 Å². The third-order valence-corrected chi connectivity index (χ3v) is 12.5. The van der Waals surface area contributed by atoms with Crippen LogP contribution in [0.3, 0.4) is 0 Å². The summed E-state index contributed by atoms with van der Waals surface area (Å²) >= 11 is 0. The second kappa shape index (κ2) is 12.8. The number of fused-ring (bicyclic) bond motifs is 14. The minimum Gasteiger partial charge on any atom is -0.455 e. The van der Waals surface area contributed by atoms with E-state index in [1.165, 1.54) is 0 Å². The van der Waals surface area contributed by atoms with Crippen molar-refractivity contribution in [2.45, 2.75) is 0 Å². The standard InChI is InChI=1S/C56H30N4O2/c1-58-38-28-37(32-57)54(60-46-25-21-36(34-14-6-3-7-15-34)30-44(46)53-48(60)27-23-42-40-17-9-11-19-51(40)62-56(42)53)49(31-38)59-45-24-20-35(33-12-4-2-5-13-33)29-43(45)52-47(59)26-22-41-39-16-8-10-18-50(39)61-55(41)52/h2-31H. The molecule has 6 nitrogen and oxygen atoms in total. The molecule has 62 heavy (non-hydrogen) atoms. The van der Waals surface area contributed by atoms with Gasteiger partial charge in [-0.1, -0.05) is 109 Å². The van der Waals surface area contributed by atoms with Crippen molar-refractivity contribution in [2.75, 3.05) is 0 Å². The molecule has 0 spiro atoms. The van der Waals surface area contributed by atoms with Crippen molar-refractivity contribution in [3.63, 3.8) is 0 Å². The number of hydrogen-bond donors (Lipinski definition) is 0. The van der Waals surface area contributed by atoms with Crippen LogP contribution in [-0.4, -0.2) is 9.13 Å². The molecule has 13 aromatic rings. The molecule has 0 bridgehead atoms. The molecule has 9 aromatic carbocycles. The Balaban J connectivity index is 1.20. The van der Waals surface area contributed by atoms with Crippen LogP contribution in [0.1, 0.15) is 5.56 Å². The summed E-state index contributed by atoms with van der Waals surface area (Å²) in [4.78, 5) is 3.94. The van der Waals surface area contributed by atoms with E-state index < -0.39 is 0 Å². The lowest BCUT2D eigenvalue weighted by Gasteiger charge is -2.19. The fourth-order valence-electron chi connectivity index (χ4n) is 9.85. The van der Waals surface area contributed by atoms with E-state index in [0.717, 1.165) is 110 Å². The van der Waals surface area contributed by atoms with Gasteiger partial charge in [0.15, 0.2) is 5.69 Å². The molecule has 6 heteroatoms. The third-order valence-electron chi connectivity index (χ3n) is 12.5. The fourth-order valence-corrected chi connectivity index (χ4v) is 9.85. The first-order chi connectivity index (χ1) is 30.7. The van der Waals surface area contributed by atoms with Crippen LogP contribution in [0.25, 0.3) is 126 Å². The maximum atomic E-state index is 11.2. The SMILES string of the molecule is [C-]#[N+]c1cc(C#N)c(-n2c3ccc(-c4ccccc4)cc3c3c4oc5ccccc5c4ccc32)c(-n2c3ccc(-c4ccccc4)cc3c3c4oc5ccccc5c4ccc32)c1. The van der Waals surface area contributed by atoms with Gasteiger partial charge >= 0.3 is 0 Å². The normalized spacial score (nSPS) is 11.8. The van der Waals surface area contributed by atoms with Gasteiger partial charge in [0.1, 0.15) is 28.4 Å². The van der Waals surface area contributed by atoms with E-state index in [2.05, 4.69) is 141 Å². The number of rotatable bonds is 4. The Morgan fingerprint density at radius 2 is 0.919 bits per heavy atom. The van der Waals surface area contributed by atoms with Crippen molar-refractivity contribution in [1.29, 1.82) is 5.26 Å². The van der Waals surface area contributed by atoms with Gasteiger partial charge < -0.3 is 18.0 Å². The van der Waals surface area contributed by atoms with Crippen LogP contribution in [0.2, 0.25) is 0 Å². The maximum absolute atomic E-state index is 11.2. The van der Waals surface area contributed by atoms with Crippen LogP contribution in [0, 0.1) is 17.9 Å². The van der Waals surface area contributed by atoms with Crippen LogP contribution < -0.4 is 0 Å². The van der Waals surface area contributed by atoms with Crippen LogP contribution >= 0.6 is 0 Å². The summed E-state index contributed by atoms with van der Waals surface area (Å²) in [6, 6.07) is 64.8. The summed E-state index contributed by atoms with van der Waals surface area (Å²) in [5.41, 5.74) is 13.3. The molecule has 0 N–H and O–H groups in total. The zero-order valence-electron chi connectivity index (χ0n) is 32.9. The van der Waals surface area contributed by atoms with E-state index in [-0.39, 0.29) is 0 Å². The summed E-state index contributed by atoms with van der Waals surface area (Å²) < 4.78 is 17.9. The highest BCUT2D eigenvalue weighted by molar-refractivity contribution is 6.26. The van der Waals surface area contributed by atoms with Crippen molar-refractivity contribution >= 4 is 93.2 Å². The lowest BCUT2D eigenvalue weighted by Crippen LogP contribution is -2.06. The first-order valence-corrected chi connectivity index (χ1v) is 20.5. The molecule has 0 aliphatic carbocycles. The average molecular weight is 791 g/mol. The topological polar surface area (TPSA) is 64.3 Å². The Morgan fingerprint density at radius 1 is 0.435 bits per heavy atom. The molecule has 0 radical (unpaired) electrons. The van der Waals surface area contributed by atoms with Crippen LogP contribution in [-0.2, 0) is 0 Å². The van der Waals surface area contributed by atoms with Crippen LogP contribution in [0.5, 0.6) is 0 Å². The second-order valence-electron chi connectivity index (χ2n) is 15.8. The van der Waals surface area contributed by atoms with Crippen molar-refractivity contribution in [1.82, 2.24) is 9.13 Å². The Morgan fingerprint density at radius 3 is 1.45 bits per heavy atom. The van der Waals surface area contributed by atoms with Gasteiger partial charge in [-0.2, -0.15) is 5.26 Å². The zero-order chi connectivity index (χ0) is 41.1. The Bertz CT molecular complexity index is 4110. The van der Waals surface area contributed by atoms with Gasteiger partial charge in [-0.25, -0.2) is 4.85 Å². The lowest BCUT2D eigenvalue weighted by molar-refractivity contribution is 0.672. The van der Waals surface area contributed by atoms with Gasteiger partial charge in [0.2, 0.25) is 0 Å². The van der Waals surface area contributed by atoms with E-state index in [1.807, 2.05) is 54.6 Å². The van der Waals surface area contributed by atoms with Gasteiger partial charge in [0, 0.05) is 32.3 Å². The van der Waals surface area contributed by atoms with Gasteiger partial charge in [0.25, 0.3) is 0 Å². The van der Waals surface area contributed by atoms with Crippen molar-refractivity contribution < 1.29 is 8.83 Å². The molecule has 0 amide bonds. The molecule has 4 aromatic heterocycles. The molecule has 0 atom stereocenters. The number of aromatic nitrogens is 2. The van der Waals surface area contributed by atoms with E-state index in [9.17, 15) is 5.26 Å². The number of para-hydroxylation sites is 2. The maximum Gasteiger partial charge on any atom is 0.190 e. The third kappa shape index (κ3) is 4.72. The highest BCUT2D eigenvalue weighted by atomic mass is 16.3. The Hall–Kier alpha value is -8.84. The highest BCUT2D eigenvalue weighted by Crippen LogP contribution is 2.47. The minimum atomic E-state index is 0.368. The number of hydrogen-bond acceptors (Lipinski definition) is 3. The summed E-state index contributed by atoms with van der Waals surface area (Å²) in [6.07, 6.45) is 0. The van der Waals surface area contributed by atoms with Crippen molar-refractivity contribution in [3.05, 3.63) is 199 Å². The first kappa shape index (κ1) is 34.1. The Labute approximate surface area is 353 Å². The number of benzene rings is 9. The second-order valence-corrected chi connectivity index (χ2v) is 15.8. The summed E-state index contributed by atoms with van der Waals surface area (Å²) in [5.74, 6) is 0. The monoisotopic (exact) mass is 790 g/mol. The molecular formula is C56H30N4O2. The number of furan rings is 2. The molecular weight excluding hydrogens is 761 g/mol. The zero-order valence-corrected chi connectivity index (χ0v) is 32.9. The molecule has 0 fully saturated rings. The summed E-state index contributed by atoms with van der Waals surface area (Å²) in [6.45, 7) is 8.28. The Kier molecular flexibility index (Phi) is 7.05. The quantitative estimate of drug-likeness (QED) is 0.167. The lowest BCUT2D eigenvalue weighted by atomic mass is 10.0. The smallest absolute Gasteiger partial charge is 0.190 e. The number of nitrogens with zero attached hydrogens (tertiary/aromatic N) is 4. The minimum absolute atomic E-state index is 0.368. The molecule has 0 saturated heterocycles. The molecule has 4 heterocycles. The van der Waals surface area contributed by atoms with Gasteiger partial charge in [-0.05, 0) is 95.1 Å². The number of nitriles is 1. The van der Waals surface area contributed by atoms with Gasteiger partial charge in [-0.3, -0.25) is 0 Å². The largest absolute Gasteiger partial charge is 0.455 e. The van der Waals surface area contributed by atoms with E-state index in [4.69, 9.17) is 15.4 Å². The first-order valence-electron chi connectivity index (χ1n) is 20.5. The molecule has 0 unspecified atom stereocenters. The van der Waals surface area contributed by atoms with E-state index in [1.54, 1.807) is 6.07 Å². The van der Waals surface area contributed by atoms with Gasteiger partial charge in [0.05, 0.1) is 56.3 Å². The summed E-state index contributed by atoms with van der Waals surface area (Å²) in [7, 11) is 0. The van der Waals surface area contributed by atoms with Crippen molar-refractivity contribution in [2.24, 2.45) is 0 Å². The summed E-state index contributed by atoms with van der Waals surface area (Å²) in [5, 5.41) is 19.2. The molecule has 13 rings (SSSR count).